The number of anilines is 1. The maximum atomic E-state index is 5.41. The van der Waals surface area contributed by atoms with Gasteiger partial charge in [0.05, 0.1) is 0 Å². The molecule has 0 spiro atoms. The average molecular weight is 218 g/mol. The van der Waals surface area contributed by atoms with Crippen LogP contribution in [0.2, 0.25) is 0 Å². The molecule has 0 bridgehead atoms. The fourth-order valence-corrected chi connectivity index (χ4v) is 1.81. The first kappa shape index (κ1) is 11.1. The molecule has 4 nitrogen and oxygen atoms in total. The lowest BCUT2D eigenvalue weighted by atomic mass is 10.3. The van der Waals surface area contributed by atoms with Gasteiger partial charge in [-0.05, 0) is 25.8 Å². The second-order valence-electron chi connectivity index (χ2n) is 3.99. The lowest BCUT2D eigenvalue weighted by Gasteiger charge is -2.14. The summed E-state index contributed by atoms with van der Waals surface area (Å²) in [6.45, 7) is 2.86. The average Bonchev–Trinajstić information content (AvgIpc) is 2.84. The Labute approximate surface area is 96.2 Å². The van der Waals surface area contributed by atoms with E-state index >= 15 is 0 Å². The Balaban J connectivity index is 1.98. The van der Waals surface area contributed by atoms with Gasteiger partial charge in [-0.1, -0.05) is 12.2 Å². The molecule has 86 valence electrons. The zero-order valence-corrected chi connectivity index (χ0v) is 9.47. The van der Waals surface area contributed by atoms with Gasteiger partial charge in [-0.25, -0.2) is 9.97 Å². The minimum atomic E-state index is 0.684. The van der Waals surface area contributed by atoms with Crippen LogP contribution in [0.5, 0.6) is 0 Å². The molecule has 0 aromatic carbocycles. The second-order valence-corrected chi connectivity index (χ2v) is 3.99. The molecule has 1 saturated heterocycles. The highest BCUT2D eigenvalue weighted by Crippen LogP contribution is 2.15. The van der Waals surface area contributed by atoms with Crippen LogP contribution in [0.3, 0.4) is 0 Å². The molecule has 1 aliphatic rings. The van der Waals surface area contributed by atoms with Crippen molar-refractivity contribution in [3.05, 3.63) is 24.0 Å². The molecule has 0 amide bonds. The molecule has 1 fully saturated rings. The fourth-order valence-electron chi connectivity index (χ4n) is 1.81. The van der Waals surface area contributed by atoms with Gasteiger partial charge in [0.1, 0.15) is 0 Å². The molecule has 2 N–H and O–H groups in total. The molecule has 0 radical (unpaired) electrons. The summed E-state index contributed by atoms with van der Waals surface area (Å²) in [6, 6.07) is 0. The predicted octanol–water partition coefficient (Wildman–Crippen LogP) is 1.44. The van der Waals surface area contributed by atoms with Crippen molar-refractivity contribution in [2.24, 2.45) is 5.73 Å². The van der Waals surface area contributed by atoms with Crippen LogP contribution in [0.4, 0.5) is 5.95 Å². The van der Waals surface area contributed by atoms with Gasteiger partial charge in [0.2, 0.25) is 5.95 Å². The number of hydrogen-bond donors (Lipinski definition) is 1. The summed E-state index contributed by atoms with van der Waals surface area (Å²) >= 11 is 0. The summed E-state index contributed by atoms with van der Waals surface area (Å²) in [4.78, 5) is 11.0. The van der Waals surface area contributed by atoms with Crippen molar-refractivity contribution >= 4 is 12.0 Å². The Morgan fingerprint density at radius 1 is 1.25 bits per heavy atom. The van der Waals surface area contributed by atoms with E-state index in [1.165, 1.54) is 12.8 Å². The first-order chi connectivity index (χ1) is 7.90. The Bertz CT molecular complexity index is 339. The van der Waals surface area contributed by atoms with Crippen molar-refractivity contribution < 1.29 is 0 Å². The van der Waals surface area contributed by atoms with E-state index < -0.39 is 0 Å². The number of nitrogens with two attached hydrogens (primary N) is 1. The summed E-state index contributed by atoms with van der Waals surface area (Å²) in [5.74, 6) is 0.855. The molecule has 0 aliphatic carbocycles. The largest absolute Gasteiger partial charge is 0.341 e. The zero-order chi connectivity index (χ0) is 11.2. The number of aromatic nitrogens is 2. The molecule has 16 heavy (non-hydrogen) atoms. The van der Waals surface area contributed by atoms with Crippen molar-refractivity contribution in [2.75, 3.05) is 24.5 Å². The summed E-state index contributed by atoms with van der Waals surface area (Å²) in [6.07, 6.45) is 11.2. The molecule has 4 heteroatoms. The van der Waals surface area contributed by atoms with Crippen molar-refractivity contribution in [1.29, 1.82) is 0 Å². The molecular weight excluding hydrogens is 200 g/mol. The Morgan fingerprint density at radius 3 is 2.56 bits per heavy atom. The van der Waals surface area contributed by atoms with Gasteiger partial charge in [-0.3, -0.25) is 0 Å². The number of nitrogens with zero attached hydrogens (tertiary/aromatic N) is 3. The standard InChI is InChI=1S/C12H18N4/c13-6-2-1-5-11-9-14-12(15-10-11)16-7-3-4-8-16/h1,5,9-10H,2-4,6-8,13H2. The summed E-state index contributed by atoms with van der Waals surface area (Å²) < 4.78 is 0. The van der Waals surface area contributed by atoms with Gasteiger partial charge in [0.25, 0.3) is 0 Å². The van der Waals surface area contributed by atoms with Crippen LogP contribution >= 0.6 is 0 Å². The molecule has 2 rings (SSSR count). The summed E-state index contributed by atoms with van der Waals surface area (Å²) in [5, 5.41) is 0. The SMILES string of the molecule is NCCC=Cc1cnc(N2CCCC2)nc1. The third-order valence-electron chi connectivity index (χ3n) is 2.69. The van der Waals surface area contributed by atoms with Crippen molar-refractivity contribution in [1.82, 2.24) is 9.97 Å². The van der Waals surface area contributed by atoms with E-state index in [0.29, 0.717) is 6.54 Å². The Hall–Kier alpha value is -1.42. The zero-order valence-electron chi connectivity index (χ0n) is 9.47. The molecular formula is C12H18N4. The Kier molecular flexibility index (Phi) is 3.88. The quantitative estimate of drug-likeness (QED) is 0.830. The lowest BCUT2D eigenvalue weighted by Crippen LogP contribution is -2.20. The van der Waals surface area contributed by atoms with Crippen LogP contribution in [-0.4, -0.2) is 29.6 Å². The fraction of sp³-hybridized carbons (Fsp3) is 0.500. The maximum Gasteiger partial charge on any atom is 0.225 e. The molecule has 1 aromatic heterocycles. The normalized spacial score (nSPS) is 16.2. The van der Waals surface area contributed by atoms with Gasteiger partial charge in [0, 0.05) is 31.0 Å². The van der Waals surface area contributed by atoms with Crippen LogP contribution < -0.4 is 10.6 Å². The monoisotopic (exact) mass is 218 g/mol. The number of hydrogen-bond acceptors (Lipinski definition) is 4. The molecule has 0 atom stereocenters. The van der Waals surface area contributed by atoms with Gasteiger partial charge >= 0.3 is 0 Å². The molecule has 0 saturated carbocycles. The topological polar surface area (TPSA) is 55.0 Å². The molecule has 1 aliphatic heterocycles. The van der Waals surface area contributed by atoms with E-state index in [1.54, 1.807) is 0 Å². The van der Waals surface area contributed by atoms with Gasteiger partial charge in [0.15, 0.2) is 0 Å². The highest BCUT2D eigenvalue weighted by molar-refractivity contribution is 5.47. The minimum absolute atomic E-state index is 0.684. The maximum absolute atomic E-state index is 5.41. The van der Waals surface area contributed by atoms with Crippen LogP contribution in [0, 0.1) is 0 Å². The van der Waals surface area contributed by atoms with Crippen LogP contribution in [0.25, 0.3) is 6.08 Å². The third-order valence-corrected chi connectivity index (χ3v) is 2.69. The lowest BCUT2D eigenvalue weighted by molar-refractivity contribution is 0.897. The molecule has 0 unspecified atom stereocenters. The number of rotatable bonds is 4. The van der Waals surface area contributed by atoms with Crippen LogP contribution in [0.15, 0.2) is 18.5 Å². The van der Waals surface area contributed by atoms with E-state index in [2.05, 4.69) is 14.9 Å². The summed E-state index contributed by atoms with van der Waals surface area (Å²) in [5.41, 5.74) is 6.45. The second kappa shape index (κ2) is 5.61. The van der Waals surface area contributed by atoms with E-state index in [-0.39, 0.29) is 0 Å². The minimum Gasteiger partial charge on any atom is -0.341 e. The van der Waals surface area contributed by atoms with E-state index in [0.717, 1.165) is 31.0 Å². The first-order valence-corrected chi connectivity index (χ1v) is 5.84. The van der Waals surface area contributed by atoms with E-state index in [4.69, 9.17) is 5.73 Å². The first-order valence-electron chi connectivity index (χ1n) is 5.84. The van der Waals surface area contributed by atoms with E-state index in [9.17, 15) is 0 Å². The Morgan fingerprint density at radius 2 is 1.94 bits per heavy atom. The van der Waals surface area contributed by atoms with E-state index in [1.807, 2.05) is 24.5 Å². The third kappa shape index (κ3) is 2.79. The highest BCUT2D eigenvalue weighted by atomic mass is 15.3. The van der Waals surface area contributed by atoms with Gasteiger partial charge < -0.3 is 10.6 Å². The van der Waals surface area contributed by atoms with Crippen molar-refractivity contribution in [2.45, 2.75) is 19.3 Å². The molecule has 2 heterocycles. The predicted molar refractivity (Wildman–Crippen MR) is 66.2 cm³/mol. The summed E-state index contributed by atoms with van der Waals surface area (Å²) in [7, 11) is 0. The van der Waals surface area contributed by atoms with Gasteiger partial charge in [-0.15, -0.1) is 0 Å². The van der Waals surface area contributed by atoms with Crippen molar-refractivity contribution in [3.8, 4) is 0 Å². The van der Waals surface area contributed by atoms with Crippen LogP contribution in [-0.2, 0) is 0 Å². The van der Waals surface area contributed by atoms with Gasteiger partial charge in [-0.2, -0.15) is 0 Å². The molecule has 1 aromatic rings. The smallest absolute Gasteiger partial charge is 0.225 e. The highest BCUT2D eigenvalue weighted by Gasteiger charge is 2.13. The van der Waals surface area contributed by atoms with Crippen molar-refractivity contribution in [3.63, 3.8) is 0 Å². The van der Waals surface area contributed by atoms with Crippen LogP contribution in [0.1, 0.15) is 24.8 Å².